The van der Waals surface area contributed by atoms with Gasteiger partial charge in [-0.25, -0.2) is 9.37 Å². The fourth-order valence-corrected chi connectivity index (χ4v) is 2.35. The Bertz CT molecular complexity index is 777. The van der Waals surface area contributed by atoms with Crippen LogP contribution in [-0.4, -0.2) is 19.3 Å². The molecule has 0 fully saturated rings. The van der Waals surface area contributed by atoms with Crippen molar-refractivity contribution in [2.24, 2.45) is 7.05 Å². The molecule has 0 aliphatic rings. The summed E-state index contributed by atoms with van der Waals surface area (Å²) in [6, 6.07) is 4.78. The molecule has 3 aromatic rings. The van der Waals surface area contributed by atoms with Gasteiger partial charge in [-0.15, -0.1) is 0 Å². The van der Waals surface area contributed by atoms with Gasteiger partial charge in [-0.3, -0.25) is 4.68 Å². The van der Waals surface area contributed by atoms with E-state index in [1.54, 1.807) is 9.25 Å². The van der Waals surface area contributed by atoms with E-state index in [4.69, 9.17) is 17.3 Å². The summed E-state index contributed by atoms with van der Waals surface area (Å²) in [5, 5.41) is 4.35. The van der Waals surface area contributed by atoms with Crippen molar-refractivity contribution < 1.29 is 4.39 Å². The number of hydrogen-bond donors (Lipinski definition) is 1. The van der Waals surface area contributed by atoms with Crippen molar-refractivity contribution in [3.8, 4) is 0 Å². The third-order valence-electron chi connectivity index (χ3n) is 3.18. The molecule has 2 N–H and O–H groups in total. The van der Waals surface area contributed by atoms with Crippen LogP contribution < -0.4 is 5.73 Å². The highest BCUT2D eigenvalue weighted by Gasteiger charge is 2.12. The highest BCUT2D eigenvalue weighted by atomic mass is 35.5. The molecule has 2 heterocycles. The first kappa shape index (κ1) is 12.9. The zero-order chi connectivity index (χ0) is 14.3. The SMILES string of the molecule is Cn1ccc(CCn2c(N)nc3cc(Cl)c(F)cc32)n1. The van der Waals surface area contributed by atoms with Gasteiger partial charge in [0.1, 0.15) is 5.82 Å². The van der Waals surface area contributed by atoms with E-state index in [2.05, 4.69) is 10.1 Å². The van der Waals surface area contributed by atoms with E-state index >= 15 is 0 Å². The smallest absolute Gasteiger partial charge is 0.201 e. The molecule has 0 bridgehead atoms. The highest BCUT2D eigenvalue weighted by Crippen LogP contribution is 2.24. The van der Waals surface area contributed by atoms with Crippen molar-refractivity contribution >= 4 is 28.6 Å². The molecular weight excluding hydrogens is 281 g/mol. The maximum absolute atomic E-state index is 13.6. The van der Waals surface area contributed by atoms with E-state index < -0.39 is 5.82 Å². The molecule has 0 saturated carbocycles. The van der Waals surface area contributed by atoms with Crippen molar-refractivity contribution in [3.63, 3.8) is 0 Å². The molecule has 20 heavy (non-hydrogen) atoms. The average molecular weight is 294 g/mol. The Balaban J connectivity index is 1.94. The standard InChI is InChI=1S/C13H13ClFN5/c1-19-4-2-8(18-19)3-5-20-12-7-10(15)9(14)6-11(12)17-13(20)16/h2,4,6-7H,3,5H2,1H3,(H2,16,17). The summed E-state index contributed by atoms with van der Waals surface area (Å²) in [5.74, 6) is -0.129. The van der Waals surface area contributed by atoms with Gasteiger partial charge in [-0.2, -0.15) is 5.10 Å². The van der Waals surface area contributed by atoms with Crippen LogP contribution in [0.25, 0.3) is 11.0 Å². The zero-order valence-electron chi connectivity index (χ0n) is 10.8. The van der Waals surface area contributed by atoms with Crippen molar-refractivity contribution in [1.29, 1.82) is 0 Å². The monoisotopic (exact) mass is 293 g/mol. The summed E-state index contributed by atoms with van der Waals surface area (Å²) in [6.45, 7) is 0.584. The van der Waals surface area contributed by atoms with Gasteiger partial charge in [0.25, 0.3) is 0 Å². The van der Waals surface area contributed by atoms with Gasteiger partial charge in [-0.1, -0.05) is 11.6 Å². The number of anilines is 1. The molecule has 0 saturated heterocycles. The molecule has 0 radical (unpaired) electrons. The minimum atomic E-state index is -0.474. The number of benzene rings is 1. The summed E-state index contributed by atoms with van der Waals surface area (Å²) in [5.41, 5.74) is 8.06. The van der Waals surface area contributed by atoms with Gasteiger partial charge >= 0.3 is 0 Å². The van der Waals surface area contributed by atoms with Crippen LogP contribution in [0.3, 0.4) is 0 Å². The van der Waals surface area contributed by atoms with E-state index in [9.17, 15) is 4.39 Å². The molecule has 0 spiro atoms. The van der Waals surface area contributed by atoms with Gasteiger partial charge in [0, 0.05) is 32.3 Å². The predicted octanol–water partition coefficient (Wildman–Crippen LogP) is 2.39. The fourth-order valence-electron chi connectivity index (χ4n) is 2.20. The lowest BCUT2D eigenvalue weighted by Gasteiger charge is -2.05. The summed E-state index contributed by atoms with van der Waals surface area (Å²) in [6.07, 6.45) is 2.57. The second-order valence-corrected chi connectivity index (χ2v) is 5.01. The highest BCUT2D eigenvalue weighted by molar-refractivity contribution is 6.31. The van der Waals surface area contributed by atoms with E-state index in [0.29, 0.717) is 29.9 Å². The average Bonchev–Trinajstić information content (AvgIpc) is 2.92. The van der Waals surface area contributed by atoms with Crippen LogP contribution in [-0.2, 0) is 20.0 Å². The molecule has 5 nitrogen and oxygen atoms in total. The second-order valence-electron chi connectivity index (χ2n) is 4.61. The Morgan fingerprint density at radius 3 is 2.90 bits per heavy atom. The van der Waals surface area contributed by atoms with Crippen LogP contribution in [0, 0.1) is 5.82 Å². The van der Waals surface area contributed by atoms with Crippen LogP contribution in [0.5, 0.6) is 0 Å². The number of imidazole rings is 1. The molecule has 1 aromatic carbocycles. The fraction of sp³-hybridized carbons (Fsp3) is 0.231. The Morgan fingerprint density at radius 1 is 1.40 bits per heavy atom. The van der Waals surface area contributed by atoms with Crippen LogP contribution in [0.2, 0.25) is 5.02 Å². The number of nitrogens with two attached hydrogens (primary N) is 1. The van der Waals surface area contributed by atoms with Gasteiger partial charge in [0.05, 0.1) is 21.7 Å². The normalized spacial score (nSPS) is 11.3. The van der Waals surface area contributed by atoms with Crippen molar-refractivity contribution in [3.05, 3.63) is 40.9 Å². The lowest BCUT2D eigenvalue weighted by atomic mass is 10.3. The number of halogens is 2. The number of nitrogen functional groups attached to an aromatic ring is 1. The first-order chi connectivity index (χ1) is 9.54. The third-order valence-corrected chi connectivity index (χ3v) is 3.47. The molecule has 104 valence electrons. The van der Waals surface area contributed by atoms with Gasteiger partial charge < -0.3 is 10.3 Å². The minimum absolute atomic E-state index is 0.0480. The van der Waals surface area contributed by atoms with E-state index in [-0.39, 0.29) is 5.02 Å². The quantitative estimate of drug-likeness (QED) is 0.806. The molecule has 3 rings (SSSR count). The first-order valence-corrected chi connectivity index (χ1v) is 6.51. The molecule has 0 amide bonds. The lowest BCUT2D eigenvalue weighted by molar-refractivity contribution is 0.627. The van der Waals surface area contributed by atoms with Crippen LogP contribution >= 0.6 is 11.6 Å². The first-order valence-electron chi connectivity index (χ1n) is 6.14. The number of hydrogen-bond acceptors (Lipinski definition) is 3. The third kappa shape index (κ3) is 2.22. The van der Waals surface area contributed by atoms with Crippen molar-refractivity contribution in [2.75, 3.05) is 5.73 Å². The molecule has 0 aliphatic carbocycles. The summed E-state index contributed by atoms with van der Waals surface area (Å²) < 4.78 is 17.1. The predicted molar refractivity (Wildman–Crippen MR) is 76.0 cm³/mol. The van der Waals surface area contributed by atoms with Gasteiger partial charge in [-0.05, 0) is 12.1 Å². The van der Waals surface area contributed by atoms with E-state index in [1.165, 1.54) is 12.1 Å². The van der Waals surface area contributed by atoms with Crippen molar-refractivity contribution in [2.45, 2.75) is 13.0 Å². The Kier molecular flexibility index (Phi) is 3.10. The second kappa shape index (κ2) is 4.79. The Morgan fingerprint density at radius 2 is 2.20 bits per heavy atom. The van der Waals surface area contributed by atoms with Crippen LogP contribution in [0.1, 0.15) is 5.69 Å². The summed E-state index contributed by atoms with van der Waals surface area (Å²) >= 11 is 5.75. The zero-order valence-corrected chi connectivity index (χ0v) is 11.6. The molecule has 7 heteroatoms. The summed E-state index contributed by atoms with van der Waals surface area (Å²) in [4.78, 5) is 4.20. The number of fused-ring (bicyclic) bond motifs is 1. The topological polar surface area (TPSA) is 61.7 Å². The molecule has 0 atom stereocenters. The number of aromatic nitrogens is 4. The maximum atomic E-state index is 13.6. The van der Waals surface area contributed by atoms with Crippen LogP contribution in [0.15, 0.2) is 24.4 Å². The van der Waals surface area contributed by atoms with Crippen LogP contribution in [0.4, 0.5) is 10.3 Å². The molecule has 0 aliphatic heterocycles. The number of aryl methyl sites for hydroxylation is 3. The lowest BCUT2D eigenvalue weighted by Crippen LogP contribution is -2.06. The largest absolute Gasteiger partial charge is 0.369 e. The number of rotatable bonds is 3. The van der Waals surface area contributed by atoms with E-state index in [1.807, 2.05) is 19.3 Å². The molecule has 2 aromatic heterocycles. The molecular formula is C13H13ClFN5. The Labute approximate surface area is 119 Å². The van der Waals surface area contributed by atoms with Gasteiger partial charge in [0.2, 0.25) is 5.95 Å². The van der Waals surface area contributed by atoms with E-state index in [0.717, 1.165) is 5.69 Å². The Hall–Kier alpha value is -2.08. The molecule has 0 unspecified atom stereocenters. The minimum Gasteiger partial charge on any atom is -0.369 e. The van der Waals surface area contributed by atoms with Gasteiger partial charge in [0.15, 0.2) is 0 Å². The maximum Gasteiger partial charge on any atom is 0.201 e. The van der Waals surface area contributed by atoms with Crippen molar-refractivity contribution in [1.82, 2.24) is 19.3 Å². The number of nitrogens with zero attached hydrogens (tertiary/aromatic N) is 4. The summed E-state index contributed by atoms with van der Waals surface area (Å²) in [7, 11) is 1.86.